The highest BCUT2D eigenvalue weighted by Gasteiger charge is 2.33. The molecule has 0 aliphatic heterocycles. The van der Waals surface area contributed by atoms with Crippen LogP contribution in [0.3, 0.4) is 0 Å². The molecule has 1 N–H and O–H groups in total. The van der Waals surface area contributed by atoms with Gasteiger partial charge in [0.1, 0.15) is 12.6 Å². The predicted octanol–water partition coefficient (Wildman–Crippen LogP) is 4.40. The number of rotatable bonds is 13. The van der Waals surface area contributed by atoms with Crippen molar-refractivity contribution in [1.29, 1.82) is 0 Å². The molecule has 0 radical (unpaired) electrons. The first-order valence-corrected chi connectivity index (χ1v) is 14.8. The second-order valence-corrected chi connectivity index (χ2v) is 12.0. The Kier molecular flexibility index (Phi) is 10.8. The van der Waals surface area contributed by atoms with Crippen LogP contribution in [0.4, 0.5) is 5.69 Å². The molecule has 0 bridgehead atoms. The molecule has 0 aromatic heterocycles. The van der Waals surface area contributed by atoms with Gasteiger partial charge in [-0.25, -0.2) is 8.42 Å². The van der Waals surface area contributed by atoms with Crippen LogP contribution in [0, 0.1) is 12.8 Å². The Balaban J connectivity index is 2.05. The number of ether oxygens (including phenoxy) is 2. The number of carbonyl (C=O) groups excluding carboxylic acids is 2. The summed E-state index contributed by atoms with van der Waals surface area (Å²) in [6.07, 6.45) is 0. The van der Waals surface area contributed by atoms with Crippen LogP contribution in [0.25, 0.3) is 0 Å². The maximum Gasteiger partial charge on any atom is 0.264 e. The second-order valence-electron chi connectivity index (χ2n) is 10.2. The molecule has 41 heavy (non-hydrogen) atoms. The number of benzene rings is 3. The van der Waals surface area contributed by atoms with Gasteiger partial charge in [0.2, 0.25) is 11.8 Å². The minimum atomic E-state index is -4.18. The monoisotopic (exact) mass is 581 g/mol. The number of carbonyl (C=O) groups is 2. The van der Waals surface area contributed by atoms with Crippen LogP contribution in [0.1, 0.15) is 31.9 Å². The fourth-order valence-corrected chi connectivity index (χ4v) is 5.58. The zero-order chi connectivity index (χ0) is 30.2. The van der Waals surface area contributed by atoms with Gasteiger partial charge in [-0.1, -0.05) is 61.9 Å². The van der Waals surface area contributed by atoms with Gasteiger partial charge in [-0.15, -0.1) is 0 Å². The highest BCUT2D eigenvalue weighted by molar-refractivity contribution is 7.92. The zero-order valence-electron chi connectivity index (χ0n) is 24.5. The summed E-state index contributed by atoms with van der Waals surface area (Å²) in [4.78, 5) is 28.6. The molecule has 0 spiro atoms. The Labute approximate surface area is 243 Å². The summed E-state index contributed by atoms with van der Waals surface area (Å²) in [6, 6.07) is 19.3. The molecule has 0 saturated heterocycles. The number of aryl methyl sites for hydroxylation is 1. The maximum atomic E-state index is 14.0. The highest BCUT2D eigenvalue weighted by Crippen LogP contribution is 2.34. The van der Waals surface area contributed by atoms with Crippen LogP contribution >= 0.6 is 0 Å². The minimum absolute atomic E-state index is 0.0235. The van der Waals surface area contributed by atoms with Crippen molar-refractivity contribution in [1.82, 2.24) is 10.2 Å². The van der Waals surface area contributed by atoms with Crippen molar-refractivity contribution in [3.63, 3.8) is 0 Å². The van der Waals surface area contributed by atoms with Crippen molar-refractivity contribution >= 4 is 27.5 Å². The molecule has 9 nitrogen and oxygen atoms in total. The Hall–Kier alpha value is -4.05. The van der Waals surface area contributed by atoms with Gasteiger partial charge in [-0.05, 0) is 49.6 Å². The van der Waals surface area contributed by atoms with Crippen LogP contribution in [0.2, 0.25) is 0 Å². The van der Waals surface area contributed by atoms with Crippen LogP contribution in [0.15, 0.2) is 77.7 Å². The van der Waals surface area contributed by atoms with Gasteiger partial charge >= 0.3 is 0 Å². The molecular weight excluding hydrogens is 542 g/mol. The first-order valence-electron chi connectivity index (χ1n) is 13.4. The lowest BCUT2D eigenvalue weighted by atomic mass is 10.1. The number of nitrogens with one attached hydrogen (secondary N) is 1. The lowest BCUT2D eigenvalue weighted by Gasteiger charge is -2.32. The zero-order valence-corrected chi connectivity index (χ0v) is 25.3. The van der Waals surface area contributed by atoms with Gasteiger partial charge in [-0.2, -0.15) is 0 Å². The molecule has 220 valence electrons. The van der Waals surface area contributed by atoms with Crippen LogP contribution in [0.5, 0.6) is 11.5 Å². The molecule has 0 aliphatic carbocycles. The molecule has 0 fully saturated rings. The van der Waals surface area contributed by atoms with E-state index in [4.69, 9.17) is 9.47 Å². The van der Waals surface area contributed by atoms with Crippen LogP contribution in [-0.4, -0.2) is 58.5 Å². The van der Waals surface area contributed by atoms with Gasteiger partial charge in [0.15, 0.2) is 11.5 Å². The second kappa shape index (κ2) is 14.0. The lowest BCUT2D eigenvalue weighted by Crippen LogP contribution is -2.51. The van der Waals surface area contributed by atoms with E-state index in [1.54, 1.807) is 37.3 Å². The maximum absolute atomic E-state index is 14.0. The minimum Gasteiger partial charge on any atom is -0.493 e. The quantitative estimate of drug-likeness (QED) is 0.321. The number of sulfonamides is 1. The molecule has 2 amide bonds. The van der Waals surface area contributed by atoms with Gasteiger partial charge in [0.25, 0.3) is 10.0 Å². The first kappa shape index (κ1) is 31.5. The van der Waals surface area contributed by atoms with E-state index in [2.05, 4.69) is 5.32 Å². The van der Waals surface area contributed by atoms with Crippen molar-refractivity contribution < 1.29 is 27.5 Å². The largest absolute Gasteiger partial charge is 0.493 e. The fraction of sp³-hybridized carbons (Fsp3) is 0.355. The number of anilines is 1. The molecule has 0 heterocycles. The first-order chi connectivity index (χ1) is 19.5. The molecule has 3 aromatic carbocycles. The summed E-state index contributed by atoms with van der Waals surface area (Å²) >= 11 is 0. The number of nitrogens with zero attached hydrogens (tertiary/aromatic N) is 2. The van der Waals surface area contributed by atoms with Crippen LogP contribution in [-0.2, 0) is 26.2 Å². The van der Waals surface area contributed by atoms with Gasteiger partial charge in [0, 0.05) is 19.2 Å². The average molecular weight is 582 g/mol. The molecule has 0 aliphatic rings. The number of amides is 2. The molecule has 3 aromatic rings. The molecule has 1 atom stereocenters. The van der Waals surface area contributed by atoms with Gasteiger partial charge in [-0.3, -0.25) is 13.9 Å². The van der Waals surface area contributed by atoms with Crippen molar-refractivity contribution in [2.75, 3.05) is 31.6 Å². The van der Waals surface area contributed by atoms with Crippen molar-refractivity contribution in [2.24, 2.45) is 5.92 Å². The van der Waals surface area contributed by atoms with Crippen LogP contribution < -0.4 is 19.1 Å². The summed E-state index contributed by atoms with van der Waals surface area (Å²) in [7, 11) is -1.26. The molecule has 3 rings (SSSR count). The average Bonchev–Trinajstić information content (AvgIpc) is 2.97. The molecule has 10 heteroatoms. The van der Waals surface area contributed by atoms with E-state index >= 15 is 0 Å². The van der Waals surface area contributed by atoms with E-state index in [1.165, 1.54) is 37.3 Å². The summed E-state index contributed by atoms with van der Waals surface area (Å²) in [6.45, 7) is 7.61. The van der Waals surface area contributed by atoms with Crippen molar-refractivity contribution in [3.05, 3.63) is 83.9 Å². The summed E-state index contributed by atoms with van der Waals surface area (Å²) in [5, 5.41) is 2.89. The third-order valence-electron chi connectivity index (χ3n) is 6.59. The Morgan fingerprint density at radius 1 is 0.878 bits per heavy atom. The van der Waals surface area contributed by atoms with Gasteiger partial charge in [0.05, 0.1) is 24.8 Å². The third kappa shape index (κ3) is 8.00. The predicted molar refractivity (Wildman–Crippen MR) is 160 cm³/mol. The summed E-state index contributed by atoms with van der Waals surface area (Å²) in [5.41, 5.74) is 2.09. The Morgan fingerprint density at radius 3 is 2.10 bits per heavy atom. The SMILES string of the molecule is COc1ccc(N(CC(=O)N(Cc2ccc(C)cc2)C(C)C(=O)NCC(C)C)S(=O)(=O)c2ccccc2)cc1OC. The number of hydrogen-bond acceptors (Lipinski definition) is 6. The molecule has 1 unspecified atom stereocenters. The van der Waals surface area contributed by atoms with Gasteiger partial charge < -0.3 is 19.7 Å². The normalized spacial score (nSPS) is 12.0. The van der Waals surface area contributed by atoms with Crippen molar-refractivity contribution in [3.8, 4) is 11.5 Å². The fourth-order valence-electron chi connectivity index (χ4n) is 4.15. The standard InChI is InChI=1S/C31H39N3O6S/c1-22(2)19-32-31(36)24(4)33(20-25-14-12-23(3)13-15-25)30(35)21-34(41(37,38)27-10-8-7-9-11-27)26-16-17-28(39-5)29(18-26)40-6/h7-18,22,24H,19-21H2,1-6H3,(H,32,36). The molecular formula is C31H39N3O6S. The number of methoxy groups -OCH3 is 2. The Morgan fingerprint density at radius 2 is 1.51 bits per heavy atom. The van der Waals surface area contributed by atoms with E-state index in [0.29, 0.717) is 18.0 Å². The van der Waals surface area contributed by atoms with E-state index in [9.17, 15) is 18.0 Å². The highest BCUT2D eigenvalue weighted by atomic mass is 32.2. The number of hydrogen-bond donors (Lipinski definition) is 1. The van der Waals surface area contributed by atoms with E-state index in [-0.39, 0.29) is 29.0 Å². The van der Waals surface area contributed by atoms with E-state index in [0.717, 1.165) is 15.4 Å². The smallest absolute Gasteiger partial charge is 0.264 e. The Bertz CT molecular complexity index is 1430. The lowest BCUT2D eigenvalue weighted by molar-refractivity contribution is -0.139. The molecule has 0 saturated carbocycles. The van der Waals surface area contributed by atoms with E-state index in [1.807, 2.05) is 45.0 Å². The van der Waals surface area contributed by atoms with E-state index < -0.39 is 28.5 Å². The third-order valence-corrected chi connectivity index (χ3v) is 8.38. The summed E-state index contributed by atoms with van der Waals surface area (Å²) < 4.78 is 39.6. The summed E-state index contributed by atoms with van der Waals surface area (Å²) in [5.74, 6) is 0.0958. The topological polar surface area (TPSA) is 105 Å². The van der Waals surface area contributed by atoms with Crippen molar-refractivity contribution in [2.45, 2.75) is 45.2 Å².